The van der Waals surface area contributed by atoms with Crippen LogP contribution in [0.25, 0.3) is 0 Å². The maximum Gasteiger partial charge on any atom is 0.321 e. The van der Waals surface area contributed by atoms with E-state index in [4.69, 9.17) is 0 Å². The van der Waals surface area contributed by atoms with Crippen molar-refractivity contribution in [1.29, 1.82) is 0 Å². The summed E-state index contributed by atoms with van der Waals surface area (Å²) in [5.74, 6) is 0.212. The lowest BCUT2D eigenvalue weighted by atomic mass is 10.1. The molecule has 3 N–H and O–H groups in total. The van der Waals surface area contributed by atoms with Crippen LogP contribution in [0, 0.1) is 5.92 Å². The second-order valence-corrected chi connectivity index (χ2v) is 5.93. The minimum Gasteiger partial charge on any atom is -0.334 e. The second kappa shape index (κ2) is 9.52. The van der Waals surface area contributed by atoms with E-state index in [1.807, 2.05) is 0 Å². The largest absolute Gasteiger partial charge is 0.334 e. The van der Waals surface area contributed by atoms with E-state index in [0.717, 1.165) is 26.1 Å². The predicted molar refractivity (Wildman–Crippen MR) is 84.0 cm³/mol. The third-order valence-corrected chi connectivity index (χ3v) is 3.29. The Morgan fingerprint density at radius 2 is 2.24 bits per heavy atom. The number of hydrogen-bond donors (Lipinski definition) is 3. The van der Waals surface area contributed by atoms with Crippen LogP contribution in [-0.4, -0.2) is 55.6 Å². The van der Waals surface area contributed by atoms with E-state index in [9.17, 15) is 9.59 Å². The fourth-order valence-corrected chi connectivity index (χ4v) is 2.52. The molecule has 1 heterocycles. The first-order valence-corrected chi connectivity index (χ1v) is 7.65. The van der Waals surface area contributed by atoms with Gasteiger partial charge in [-0.3, -0.25) is 15.0 Å². The van der Waals surface area contributed by atoms with Crippen LogP contribution in [0.5, 0.6) is 0 Å². The van der Waals surface area contributed by atoms with Gasteiger partial charge in [0.25, 0.3) is 0 Å². The summed E-state index contributed by atoms with van der Waals surface area (Å²) < 4.78 is 0. The summed E-state index contributed by atoms with van der Waals surface area (Å²) in [6.07, 6.45) is 3.91. The zero-order valence-corrected chi connectivity index (χ0v) is 13.2. The molecule has 0 aromatic carbocycles. The molecular weight excluding hydrogens is 268 g/mol. The SMILES string of the molecule is C=CCNC(=O)NC(=O)CN(CC(C)C)CC1CCCN1. The number of hydrogen-bond acceptors (Lipinski definition) is 4. The predicted octanol–water partition coefficient (Wildman–Crippen LogP) is 0.708. The lowest BCUT2D eigenvalue weighted by Crippen LogP contribution is -2.47. The van der Waals surface area contributed by atoms with Gasteiger partial charge in [0.2, 0.25) is 5.91 Å². The highest BCUT2D eigenvalue weighted by molar-refractivity contribution is 5.95. The lowest BCUT2D eigenvalue weighted by molar-refractivity contribution is -0.121. The molecule has 21 heavy (non-hydrogen) atoms. The fourth-order valence-electron chi connectivity index (χ4n) is 2.52. The van der Waals surface area contributed by atoms with E-state index in [1.54, 1.807) is 6.08 Å². The summed E-state index contributed by atoms with van der Waals surface area (Å²) in [6, 6.07) is -0.0190. The Hall–Kier alpha value is -1.40. The molecule has 0 aliphatic carbocycles. The van der Waals surface area contributed by atoms with Gasteiger partial charge in [-0.15, -0.1) is 6.58 Å². The Bertz CT molecular complexity index is 352. The van der Waals surface area contributed by atoms with Crippen LogP contribution < -0.4 is 16.0 Å². The summed E-state index contributed by atoms with van der Waals surface area (Å²) in [5, 5.41) is 8.31. The average Bonchev–Trinajstić information content (AvgIpc) is 2.88. The number of urea groups is 1. The monoisotopic (exact) mass is 296 g/mol. The van der Waals surface area contributed by atoms with Crippen molar-refractivity contribution in [3.63, 3.8) is 0 Å². The molecule has 6 heteroatoms. The smallest absolute Gasteiger partial charge is 0.321 e. The van der Waals surface area contributed by atoms with E-state index in [-0.39, 0.29) is 12.5 Å². The molecule has 1 atom stereocenters. The van der Waals surface area contributed by atoms with Gasteiger partial charge in [-0.2, -0.15) is 0 Å². The van der Waals surface area contributed by atoms with E-state index in [0.29, 0.717) is 18.5 Å². The maximum absolute atomic E-state index is 11.9. The number of nitrogens with one attached hydrogen (secondary N) is 3. The molecule has 3 amide bonds. The summed E-state index contributed by atoms with van der Waals surface area (Å²) in [7, 11) is 0. The zero-order valence-electron chi connectivity index (χ0n) is 13.2. The van der Waals surface area contributed by atoms with E-state index in [2.05, 4.69) is 41.3 Å². The van der Waals surface area contributed by atoms with Crippen molar-refractivity contribution in [1.82, 2.24) is 20.9 Å². The van der Waals surface area contributed by atoms with Crippen molar-refractivity contribution in [3.8, 4) is 0 Å². The summed E-state index contributed by atoms with van der Waals surface area (Å²) >= 11 is 0. The number of nitrogens with zero attached hydrogens (tertiary/aromatic N) is 1. The van der Waals surface area contributed by atoms with Crippen molar-refractivity contribution in [2.75, 3.05) is 32.7 Å². The van der Waals surface area contributed by atoms with E-state index >= 15 is 0 Å². The standard InChI is InChI=1S/C15H28N4O2/c1-4-7-17-15(21)18-14(20)11-19(9-12(2)3)10-13-6-5-8-16-13/h4,12-13,16H,1,5-11H2,2-3H3,(H2,17,18,20,21). The molecule has 1 saturated heterocycles. The molecule has 0 saturated carbocycles. The van der Waals surface area contributed by atoms with Gasteiger partial charge < -0.3 is 10.6 Å². The minimum atomic E-state index is -0.469. The Balaban J connectivity index is 2.40. The molecule has 0 aromatic rings. The first-order valence-electron chi connectivity index (χ1n) is 7.65. The third kappa shape index (κ3) is 7.82. The van der Waals surface area contributed by atoms with Crippen molar-refractivity contribution in [2.24, 2.45) is 5.92 Å². The number of carbonyl (C=O) groups is 2. The molecule has 1 fully saturated rings. The van der Waals surface area contributed by atoms with Gasteiger partial charge in [0.05, 0.1) is 6.54 Å². The van der Waals surface area contributed by atoms with Crippen molar-refractivity contribution >= 4 is 11.9 Å². The molecule has 1 aliphatic heterocycles. The summed E-state index contributed by atoms with van der Waals surface area (Å²) in [5.41, 5.74) is 0. The van der Waals surface area contributed by atoms with Gasteiger partial charge in [-0.1, -0.05) is 19.9 Å². The molecule has 1 unspecified atom stereocenters. The number of rotatable bonds is 8. The van der Waals surface area contributed by atoms with Gasteiger partial charge in [0, 0.05) is 25.7 Å². The molecule has 1 aliphatic rings. The zero-order chi connectivity index (χ0) is 15.7. The van der Waals surface area contributed by atoms with Gasteiger partial charge in [-0.05, 0) is 25.3 Å². The molecule has 120 valence electrons. The Morgan fingerprint density at radius 3 is 2.81 bits per heavy atom. The van der Waals surface area contributed by atoms with Crippen LogP contribution in [0.15, 0.2) is 12.7 Å². The van der Waals surface area contributed by atoms with Crippen LogP contribution in [0.4, 0.5) is 4.79 Å². The molecular formula is C15H28N4O2. The van der Waals surface area contributed by atoms with Crippen molar-refractivity contribution in [2.45, 2.75) is 32.7 Å². The highest BCUT2D eigenvalue weighted by Crippen LogP contribution is 2.08. The van der Waals surface area contributed by atoms with Gasteiger partial charge in [0.1, 0.15) is 0 Å². The molecule has 0 bridgehead atoms. The average molecular weight is 296 g/mol. The second-order valence-electron chi connectivity index (χ2n) is 5.93. The topological polar surface area (TPSA) is 73.5 Å². The van der Waals surface area contributed by atoms with Crippen LogP contribution in [0.2, 0.25) is 0 Å². The molecule has 0 radical (unpaired) electrons. The van der Waals surface area contributed by atoms with Gasteiger partial charge >= 0.3 is 6.03 Å². The van der Waals surface area contributed by atoms with Crippen LogP contribution >= 0.6 is 0 Å². The minimum absolute atomic E-state index is 0.248. The highest BCUT2D eigenvalue weighted by atomic mass is 16.2. The highest BCUT2D eigenvalue weighted by Gasteiger charge is 2.20. The number of carbonyl (C=O) groups excluding carboxylic acids is 2. The summed E-state index contributed by atoms with van der Waals surface area (Å²) in [6.45, 7) is 11.1. The van der Waals surface area contributed by atoms with Crippen LogP contribution in [0.1, 0.15) is 26.7 Å². The number of imide groups is 1. The lowest BCUT2D eigenvalue weighted by Gasteiger charge is -2.26. The number of amides is 3. The molecule has 6 nitrogen and oxygen atoms in total. The molecule has 1 rings (SSSR count). The van der Waals surface area contributed by atoms with Crippen molar-refractivity contribution in [3.05, 3.63) is 12.7 Å². The third-order valence-electron chi connectivity index (χ3n) is 3.29. The normalized spacial score (nSPS) is 18.0. The van der Waals surface area contributed by atoms with E-state index in [1.165, 1.54) is 6.42 Å². The van der Waals surface area contributed by atoms with Gasteiger partial charge in [-0.25, -0.2) is 4.79 Å². The summed E-state index contributed by atoms with van der Waals surface area (Å²) in [4.78, 5) is 25.5. The first-order chi connectivity index (χ1) is 10.0. The van der Waals surface area contributed by atoms with Crippen molar-refractivity contribution < 1.29 is 9.59 Å². The van der Waals surface area contributed by atoms with Crippen LogP contribution in [0.3, 0.4) is 0 Å². The van der Waals surface area contributed by atoms with Gasteiger partial charge in [0.15, 0.2) is 0 Å². The molecule has 0 aromatic heterocycles. The Morgan fingerprint density at radius 1 is 1.48 bits per heavy atom. The fraction of sp³-hybridized carbons (Fsp3) is 0.733. The quantitative estimate of drug-likeness (QED) is 0.577. The maximum atomic E-state index is 11.9. The Labute approximate surface area is 127 Å². The van der Waals surface area contributed by atoms with Crippen LogP contribution in [-0.2, 0) is 4.79 Å². The Kier molecular flexibility index (Phi) is 8.00. The molecule has 0 spiro atoms. The van der Waals surface area contributed by atoms with E-state index < -0.39 is 6.03 Å². The first kappa shape index (κ1) is 17.7.